The second-order valence-electron chi connectivity index (χ2n) is 4.99. The number of nitrogens with two attached hydrogens (primary N) is 1. The normalized spacial score (nSPS) is 12.6. The van der Waals surface area contributed by atoms with Crippen LogP contribution in [0, 0.1) is 5.92 Å². The SMILES string of the molecule is COCCCOCCN(CCC(N)=NO)CC(C)C. The first-order valence-electron chi connectivity index (χ1n) is 6.85. The van der Waals surface area contributed by atoms with Crippen molar-refractivity contribution in [1.29, 1.82) is 0 Å². The van der Waals surface area contributed by atoms with Gasteiger partial charge in [0.15, 0.2) is 0 Å². The maximum absolute atomic E-state index is 8.53. The maximum atomic E-state index is 8.53. The molecule has 3 N–H and O–H groups in total. The van der Waals surface area contributed by atoms with Gasteiger partial charge in [0.25, 0.3) is 0 Å². The predicted octanol–water partition coefficient (Wildman–Crippen LogP) is 1.13. The van der Waals surface area contributed by atoms with Gasteiger partial charge in [-0.2, -0.15) is 0 Å². The Hall–Kier alpha value is -0.850. The number of oxime groups is 1. The number of ether oxygens (including phenoxy) is 2. The molecule has 0 unspecified atom stereocenters. The Kier molecular flexibility index (Phi) is 11.7. The van der Waals surface area contributed by atoms with Gasteiger partial charge in [-0.25, -0.2) is 0 Å². The summed E-state index contributed by atoms with van der Waals surface area (Å²) < 4.78 is 10.5. The fourth-order valence-corrected chi connectivity index (χ4v) is 1.73. The Labute approximate surface area is 116 Å². The molecule has 0 rings (SSSR count). The van der Waals surface area contributed by atoms with E-state index in [-0.39, 0.29) is 5.84 Å². The van der Waals surface area contributed by atoms with Crippen molar-refractivity contribution in [2.24, 2.45) is 16.8 Å². The van der Waals surface area contributed by atoms with Crippen molar-refractivity contribution in [3.63, 3.8) is 0 Å². The molecule has 19 heavy (non-hydrogen) atoms. The summed E-state index contributed by atoms with van der Waals surface area (Å²) in [7, 11) is 1.69. The van der Waals surface area contributed by atoms with Crippen molar-refractivity contribution < 1.29 is 14.7 Å². The predicted molar refractivity (Wildman–Crippen MR) is 76.6 cm³/mol. The summed E-state index contributed by atoms with van der Waals surface area (Å²) in [5.41, 5.74) is 5.49. The van der Waals surface area contributed by atoms with E-state index < -0.39 is 0 Å². The molecule has 114 valence electrons. The van der Waals surface area contributed by atoms with Crippen LogP contribution >= 0.6 is 0 Å². The molecule has 0 spiro atoms. The zero-order chi connectivity index (χ0) is 14.5. The van der Waals surface area contributed by atoms with Crippen LogP contribution in [0.5, 0.6) is 0 Å². The number of hydrogen-bond donors (Lipinski definition) is 2. The molecule has 0 saturated carbocycles. The average molecular weight is 275 g/mol. The minimum Gasteiger partial charge on any atom is -0.409 e. The molecular formula is C13H29N3O3. The summed E-state index contributed by atoms with van der Waals surface area (Å²) >= 11 is 0. The van der Waals surface area contributed by atoms with Crippen LogP contribution in [-0.2, 0) is 9.47 Å². The van der Waals surface area contributed by atoms with E-state index in [1.54, 1.807) is 7.11 Å². The highest BCUT2D eigenvalue weighted by Crippen LogP contribution is 2.00. The van der Waals surface area contributed by atoms with Crippen LogP contribution in [0.4, 0.5) is 0 Å². The molecule has 0 aliphatic heterocycles. The monoisotopic (exact) mass is 275 g/mol. The number of nitrogens with zero attached hydrogens (tertiary/aromatic N) is 2. The summed E-state index contributed by atoms with van der Waals surface area (Å²) in [4.78, 5) is 2.28. The van der Waals surface area contributed by atoms with E-state index in [0.717, 1.165) is 39.3 Å². The highest BCUT2D eigenvalue weighted by Gasteiger charge is 2.08. The lowest BCUT2D eigenvalue weighted by Crippen LogP contribution is -2.34. The van der Waals surface area contributed by atoms with Gasteiger partial charge in [0.05, 0.1) is 6.61 Å². The third kappa shape index (κ3) is 11.9. The number of hydrogen-bond acceptors (Lipinski definition) is 5. The van der Waals surface area contributed by atoms with Crippen molar-refractivity contribution in [1.82, 2.24) is 4.90 Å². The van der Waals surface area contributed by atoms with E-state index >= 15 is 0 Å². The Morgan fingerprint density at radius 3 is 2.58 bits per heavy atom. The van der Waals surface area contributed by atoms with Gasteiger partial charge in [0.1, 0.15) is 5.84 Å². The molecule has 0 aliphatic carbocycles. The Morgan fingerprint density at radius 2 is 2.00 bits per heavy atom. The van der Waals surface area contributed by atoms with E-state index in [4.69, 9.17) is 20.4 Å². The van der Waals surface area contributed by atoms with Crippen LogP contribution in [0.15, 0.2) is 5.16 Å². The smallest absolute Gasteiger partial charge is 0.140 e. The van der Waals surface area contributed by atoms with Crippen molar-refractivity contribution in [2.75, 3.05) is 46.6 Å². The molecule has 0 aromatic rings. The molecular weight excluding hydrogens is 246 g/mol. The molecule has 6 nitrogen and oxygen atoms in total. The fourth-order valence-electron chi connectivity index (χ4n) is 1.73. The molecule has 0 aromatic heterocycles. The molecule has 0 bridgehead atoms. The van der Waals surface area contributed by atoms with Crippen molar-refractivity contribution in [2.45, 2.75) is 26.7 Å². The lowest BCUT2D eigenvalue weighted by Gasteiger charge is -2.23. The zero-order valence-electron chi connectivity index (χ0n) is 12.5. The molecule has 0 radical (unpaired) electrons. The number of rotatable bonds is 12. The van der Waals surface area contributed by atoms with Crippen LogP contribution in [-0.4, -0.2) is 62.5 Å². The van der Waals surface area contributed by atoms with Crippen LogP contribution in [0.1, 0.15) is 26.7 Å². The molecule has 0 aromatic carbocycles. The third-order valence-electron chi connectivity index (χ3n) is 2.62. The standard InChI is InChI=1S/C13H29N3O3/c1-12(2)11-16(6-5-13(14)15-17)7-10-19-9-4-8-18-3/h12,17H,4-11H2,1-3H3,(H2,14,15). The van der Waals surface area contributed by atoms with Gasteiger partial charge in [0, 0.05) is 46.4 Å². The second-order valence-corrected chi connectivity index (χ2v) is 4.99. The van der Waals surface area contributed by atoms with Crippen molar-refractivity contribution in [3.05, 3.63) is 0 Å². The van der Waals surface area contributed by atoms with E-state index in [0.29, 0.717) is 18.9 Å². The minimum atomic E-state index is 0.273. The molecule has 6 heteroatoms. The van der Waals surface area contributed by atoms with E-state index in [1.165, 1.54) is 0 Å². The Bertz CT molecular complexity index is 235. The average Bonchev–Trinajstić information content (AvgIpc) is 2.38. The van der Waals surface area contributed by atoms with Crippen LogP contribution < -0.4 is 5.73 Å². The minimum absolute atomic E-state index is 0.273. The number of methoxy groups -OCH3 is 1. The Balaban J connectivity index is 3.80. The molecule has 0 aliphatic rings. The van der Waals surface area contributed by atoms with Gasteiger partial charge in [-0.05, 0) is 12.3 Å². The molecule has 0 heterocycles. The first-order valence-corrected chi connectivity index (χ1v) is 6.85. The van der Waals surface area contributed by atoms with Gasteiger partial charge in [-0.15, -0.1) is 0 Å². The summed E-state index contributed by atoms with van der Waals surface area (Å²) in [6, 6.07) is 0. The highest BCUT2D eigenvalue weighted by molar-refractivity contribution is 5.79. The highest BCUT2D eigenvalue weighted by atomic mass is 16.5. The quantitative estimate of drug-likeness (QED) is 0.183. The van der Waals surface area contributed by atoms with Crippen LogP contribution in [0.3, 0.4) is 0 Å². The number of amidine groups is 1. The largest absolute Gasteiger partial charge is 0.409 e. The first kappa shape index (κ1) is 18.1. The van der Waals surface area contributed by atoms with Gasteiger partial charge >= 0.3 is 0 Å². The zero-order valence-corrected chi connectivity index (χ0v) is 12.5. The van der Waals surface area contributed by atoms with Gasteiger partial charge in [-0.1, -0.05) is 19.0 Å². The van der Waals surface area contributed by atoms with Gasteiger partial charge in [-0.3, -0.25) is 0 Å². The van der Waals surface area contributed by atoms with Crippen LogP contribution in [0.25, 0.3) is 0 Å². The lowest BCUT2D eigenvalue weighted by molar-refractivity contribution is 0.0816. The van der Waals surface area contributed by atoms with Gasteiger partial charge in [0.2, 0.25) is 0 Å². The maximum Gasteiger partial charge on any atom is 0.140 e. The topological polar surface area (TPSA) is 80.3 Å². The Morgan fingerprint density at radius 1 is 1.26 bits per heavy atom. The van der Waals surface area contributed by atoms with Crippen molar-refractivity contribution >= 4 is 5.84 Å². The lowest BCUT2D eigenvalue weighted by atomic mass is 10.2. The fraction of sp³-hybridized carbons (Fsp3) is 0.923. The third-order valence-corrected chi connectivity index (χ3v) is 2.62. The molecule has 0 saturated heterocycles. The van der Waals surface area contributed by atoms with Gasteiger partial charge < -0.3 is 25.3 Å². The summed E-state index contributed by atoms with van der Waals surface area (Å²) in [6.07, 6.45) is 1.50. The first-order chi connectivity index (χ1) is 9.10. The van der Waals surface area contributed by atoms with Crippen molar-refractivity contribution in [3.8, 4) is 0 Å². The second kappa shape index (κ2) is 12.2. The van der Waals surface area contributed by atoms with E-state index in [1.807, 2.05) is 0 Å². The summed E-state index contributed by atoms with van der Waals surface area (Å²) in [5, 5.41) is 11.5. The molecule has 0 fully saturated rings. The van der Waals surface area contributed by atoms with E-state index in [2.05, 4.69) is 23.9 Å². The molecule has 0 atom stereocenters. The van der Waals surface area contributed by atoms with Crippen LogP contribution in [0.2, 0.25) is 0 Å². The van der Waals surface area contributed by atoms with E-state index in [9.17, 15) is 0 Å². The molecule has 0 amide bonds. The summed E-state index contributed by atoms with van der Waals surface area (Å²) in [6.45, 7) is 9.15. The summed E-state index contributed by atoms with van der Waals surface area (Å²) in [5.74, 6) is 0.857.